The van der Waals surface area contributed by atoms with E-state index in [1.165, 1.54) is 22.7 Å². The van der Waals surface area contributed by atoms with Crippen LogP contribution in [0.15, 0.2) is 41.1 Å². The lowest BCUT2D eigenvalue weighted by molar-refractivity contribution is 0.0730. The Morgan fingerprint density at radius 3 is 2.83 bits per heavy atom. The fourth-order valence-electron chi connectivity index (χ4n) is 3.14. The molecule has 146 valence electrons. The molecule has 0 unspecified atom stereocenters. The summed E-state index contributed by atoms with van der Waals surface area (Å²) in [5, 5.41) is 14.4. The summed E-state index contributed by atoms with van der Waals surface area (Å²) < 4.78 is 0. The Kier molecular flexibility index (Phi) is 4.74. The number of fused-ring (bicyclic) bond motifs is 1. The first-order valence-corrected chi connectivity index (χ1v) is 11.5. The monoisotopic (exact) mass is 441 g/mol. The minimum Gasteiger partial charge on any atom is -0.332 e. The molecule has 0 atom stereocenters. The molecule has 0 radical (unpaired) electrons. The van der Waals surface area contributed by atoms with Gasteiger partial charge in [0, 0.05) is 17.8 Å². The van der Waals surface area contributed by atoms with Crippen molar-refractivity contribution in [1.82, 2.24) is 20.1 Å². The fourth-order valence-corrected chi connectivity index (χ4v) is 5.47. The van der Waals surface area contributed by atoms with Crippen molar-refractivity contribution in [2.45, 2.75) is 13.0 Å². The molecule has 2 amide bonds. The van der Waals surface area contributed by atoms with E-state index < -0.39 is 0 Å². The molecule has 0 aliphatic carbocycles. The lowest BCUT2D eigenvalue weighted by atomic mass is 10.1. The zero-order valence-electron chi connectivity index (χ0n) is 15.0. The number of rotatable bonds is 4. The maximum absolute atomic E-state index is 12.9. The summed E-state index contributed by atoms with van der Waals surface area (Å²) in [5.74, 6) is -0.260. The van der Waals surface area contributed by atoms with Gasteiger partial charge in [-0.15, -0.1) is 22.7 Å². The molecule has 5 rings (SSSR count). The van der Waals surface area contributed by atoms with E-state index in [9.17, 15) is 9.59 Å². The van der Waals surface area contributed by atoms with Gasteiger partial charge in [-0.25, -0.2) is 4.98 Å². The molecular formula is C19H15N5O2S3. The number of aromatic amines is 1. The second-order valence-corrected chi connectivity index (χ2v) is 9.42. The van der Waals surface area contributed by atoms with Gasteiger partial charge in [-0.2, -0.15) is 5.10 Å². The van der Waals surface area contributed by atoms with Crippen LogP contribution in [0.2, 0.25) is 0 Å². The van der Waals surface area contributed by atoms with Crippen molar-refractivity contribution in [3.8, 4) is 10.6 Å². The number of hydrogen-bond acceptors (Lipinski definition) is 7. The second kappa shape index (κ2) is 7.54. The number of thiophene rings is 2. The number of anilines is 1. The highest BCUT2D eigenvalue weighted by molar-refractivity contribution is 7.16. The van der Waals surface area contributed by atoms with E-state index in [0.717, 1.165) is 21.1 Å². The molecule has 4 aromatic rings. The van der Waals surface area contributed by atoms with Gasteiger partial charge < -0.3 is 4.90 Å². The third kappa shape index (κ3) is 3.61. The van der Waals surface area contributed by atoms with Gasteiger partial charge in [-0.05, 0) is 29.0 Å². The number of aromatic nitrogens is 3. The molecule has 29 heavy (non-hydrogen) atoms. The molecule has 10 heteroatoms. The van der Waals surface area contributed by atoms with Crippen LogP contribution >= 0.6 is 34.0 Å². The van der Waals surface area contributed by atoms with Crippen LogP contribution in [0.5, 0.6) is 0 Å². The molecule has 0 saturated carbocycles. The third-order valence-electron chi connectivity index (χ3n) is 4.57. The highest BCUT2D eigenvalue weighted by atomic mass is 32.1. The summed E-state index contributed by atoms with van der Waals surface area (Å²) in [6.07, 6.45) is 0.661. The Balaban J connectivity index is 1.29. The van der Waals surface area contributed by atoms with E-state index in [-0.39, 0.29) is 11.8 Å². The van der Waals surface area contributed by atoms with E-state index in [1.807, 2.05) is 29.0 Å². The van der Waals surface area contributed by atoms with Crippen LogP contribution in [-0.4, -0.2) is 38.4 Å². The molecule has 0 fully saturated rings. The summed E-state index contributed by atoms with van der Waals surface area (Å²) in [6, 6.07) is 9.37. The molecule has 0 bridgehead atoms. The van der Waals surface area contributed by atoms with Crippen LogP contribution in [-0.2, 0) is 13.0 Å². The van der Waals surface area contributed by atoms with Crippen LogP contribution in [0.3, 0.4) is 0 Å². The Morgan fingerprint density at radius 2 is 2.03 bits per heavy atom. The number of carbonyl (C=O) groups excluding carboxylic acids is 2. The number of carbonyl (C=O) groups is 2. The zero-order chi connectivity index (χ0) is 19.8. The van der Waals surface area contributed by atoms with Crippen LogP contribution in [0.4, 0.5) is 5.13 Å². The van der Waals surface area contributed by atoms with Crippen molar-refractivity contribution in [2.24, 2.45) is 0 Å². The normalized spacial score (nSPS) is 13.3. The van der Waals surface area contributed by atoms with Gasteiger partial charge in [-0.3, -0.25) is 20.0 Å². The lowest BCUT2D eigenvalue weighted by Gasteiger charge is -2.25. The van der Waals surface area contributed by atoms with Gasteiger partial charge in [0.05, 0.1) is 27.7 Å². The highest BCUT2D eigenvalue weighted by Gasteiger charge is 2.27. The van der Waals surface area contributed by atoms with E-state index >= 15 is 0 Å². The predicted molar refractivity (Wildman–Crippen MR) is 115 cm³/mol. The molecule has 1 aliphatic rings. The van der Waals surface area contributed by atoms with Crippen molar-refractivity contribution in [1.29, 1.82) is 0 Å². The van der Waals surface area contributed by atoms with Crippen molar-refractivity contribution >= 4 is 51.0 Å². The van der Waals surface area contributed by atoms with Crippen LogP contribution in [0, 0.1) is 0 Å². The molecule has 4 aromatic heterocycles. The molecule has 1 aliphatic heterocycles. The summed E-state index contributed by atoms with van der Waals surface area (Å²) in [6.45, 7) is 1.05. The Bertz CT molecular complexity index is 1160. The van der Waals surface area contributed by atoms with Gasteiger partial charge >= 0.3 is 0 Å². The second-order valence-electron chi connectivity index (χ2n) is 6.44. The van der Waals surface area contributed by atoms with E-state index in [4.69, 9.17) is 0 Å². The average molecular weight is 442 g/mol. The maximum atomic E-state index is 12.9. The maximum Gasteiger partial charge on any atom is 0.274 e. The Morgan fingerprint density at radius 1 is 1.17 bits per heavy atom. The van der Waals surface area contributed by atoms with Crippen molar-refractivity contribution in [2.75, 3.05) is 11.9 Å². The van der Waals surface area contributed by atoms with Crippen molar-refractivity contribution in [3.05, 3.63) is 62.2 Å². The quantitative estimate of drug-likeness (QED) is 0.499. The molecule has 0 saturated heterocycles. The van der Waals surface area contributed by atoms with Crippen LogP contribution in [0.1, 0.15) is 30.7 Å². The summed E-state index contributed by atoms with van der Waals surface area (Å²) in [7, 11) is 0. The van der Waals surface area contributed by atoms with Gasteiger partial charge in [0.1, 0.15) is 0 Å². The predicted octanol–water partition coefficient (Wildman–Crippen LogP) is 4.11. The van der Waals surface area contributed by atoms with Crippen LogP contribution in [0.25, 0.3) is 10.6 Å². The van der Waals surface area contributed by atoms with Crippen LogP contribution < -0.4 is 5.32 Å². The third-order valence-corrected chi connectivity index (χ3v) is 7.34. The molecule has 0 aromatic carbocycles. The van der Waals surface area contributed by atoms with E-state index in [2.05, 4.69) is 20.5 Å². The van der Waals surface area contributed by atoms with E-state index in [1.54, 1.807) is 28.4 Å². The van der Waals surface area contributed by atoms with Gasteiger partial charge in [0.2, 0.25) is 0 Å². The summed E-state index contributed by atoms with van der Waals surface area (Å²) >= 11 is 4.41. The number of nitrogens with one attached hydrogen (secondary N) is 2. The number of hydrogen-bond donors (Lipinski definition) is 2. The van der Waals surface area contributed by atoms with Crippen molar-refractivity contribution in [3.63, 3.8) is 0 Å². The van der Waals surface area contributed by atoms with Gasteiger partial charge in [0.25, 0.3) is 11.8 Å². The zero-order valence-corrected chi connectivity index (χ0v) is 17.5. The summed E-state index contributed by atoms with van der Waals surface area (Å²) in [4.78, 5) is 34.1. The SMILES string of the molecule is O=C(Nc1nc2c(s1)CN(C(=O)c1cc(-c3cccs3)[nH]n1)CC2)c1cccs1. The molecule has 7 nitrogen and oxygen atoms in total. The Hall–Kier alpha value is -2.82. The van der Waals surface area contributed by atoms with Crippen molar-refractivity contribution < 1.29 is 9.59 Å². The molecule has 2 N–H and O–H groups in total. The first-order chi connectivity index (χ1) is 14.2. The van der Waals surface area contributed by atoms with Gasteiger partial charge in [-0.1, -0.05) is 23.5 Å². The molecule has 0 spiro atoms. The minimum absolute atomic E-state index is 0.104. The standard InChI is InChI=1S/C19H15N5O2S3/c25-17(15-4-2-8-28-15)21-19-20-11-5-6-24(10-16(11)29-19)18(26)13-9-12(22-23-13)14-3-1-7-27-14/h1-4,7-9H,5-6,10H2,(H,22,23)(H,20,21,25). The number of thiazole rings is 1. The van der Waals surface area contributed by atoms with E-state index in [0.29, 0.717) is 35.2 Å². The average Bonchev–Trinajstić information content (AvgIpc) is 3.53. The lowest BCUT2D eigenvalue weighted by Crippen LogP contribution is -2.35. The fraction of sp³-hybridized carbons (Fsp3) is 0.158. The minimum atomic E-state index is -0.156. The number of amides is 2. The summed E-state index contributed by atoms with van der Waals surface area (Å²) in [5.41, 5.74) is 2.20. The Labute approximate surface area is 178 Å². The number of H-pyrrole nitrogens is 1. The highest BCUT2D eigenvalue weighted by Crippen LogP contribution is 2.30. The largest absolute Gasteiger partial charge is 0.332 e. The topological polar surface area (TPSA) is 91.0 Å². The first-order valence-electron chi connectivity index (χ1n) is 8.89. The first kappa shape index (κ1) is 18.2. The molecule has 5 heterocycles. The van der Waals surface area contributed by atoms with Gasteiger partial charge in [0.15, 0.2) is 10.8 Å². The number of nitrogens with zero attached hydrogens (tertiary/aromatic N) is 3. The molecular weight excluding hydrogens is 426 g/mol. The smallest absolute Gasteiger partial charge is 0.274 e.